The van der Waals surface area contributed by atoms with Gasteiger partial charge in [0.15, 0.2) is 0 Å². The van der Waals surface area contributed by atoms with E-state index in [9.17, 15) is 0 Å². The van der Waals surface area contributed by atoms with Crippen LogP contribution >= 0.6 is 0 Å². The number of hydrogen-bond acceptors (Lipinski definition) is 1. The molecule has 0 saturated heterocycles. The summed E-state index contributed by atoms with van der Waals surface area (Å²) in [5.41, 5.74) is 2.84. The molecule has 1 rings (SSSR count). The zero-order valence-corrected chi connectivity index (χ0v) is 11.1. The molecule has 90 valence electrons. The molecule has 1 N–H and O–H groups in total. The minimum atomic E-state index is 0.510. The van der Waals surface area contributed by atoms with Gasteiger partial charge < -0.3 is 5.32 Å². The molecule has 16 heavy (non-hydrogen) atoms. The minimum absolute atomic E-state index is 0.510. The highest BCUT2D eigenvalue weighted by Gasteiger charge is 2.11. The summed E-state index contributed by atoms with van der Waals surface area (Å²) in [6.07, 6.45) is 2.33. The van der Waals surface area contributed by atoms with Crippen LogP contribution in [0.1, 0.15) is 51.3 Å². The monoisotopic (exact) mass is 219 g/mol. The minimum Gasteiger partial charge on any atom is -0.310 e. The molecule has 1 unspecified atom stereocenters. The molecule has 0 saturated carbocycles. The molecule has 1 atom stereocenters. The lowest BCUT2D eigenvalue weighted by molar-refractivity contribution is 0.438. The SMILES string of the molecule is CCNC(CC(C)C)c1ccc(CC)cc1. The van der Waals surface area contributed by atoms with Crippen molar-refractivity contribution in [2.24, 2.45) is 5.92 Å². The second kappa shape index (κ2) is 6.70. The summed E-state index contributed by atoms with van der Waals surface area (Å²) in [6, 6.07) is 9.55. The molecule has 0 bridgehead atoms. The maximum absolute atomic E-state index is 3.57. The number of benzene rings is 1. The van der Waals surface area contributed by atoms with E-state index in [1.54, 1.807) is 0 Å². The Morgan fingerprint density at radius 1 is 1.06 bits per heavy atom. The zero-order chi connectivity index (χ0) is 12.0. The Hall–Kier alpha value is -0.820. The topological polar surface area (TPSA) is 12.0 Å². The molecule has 0 spiro atoms. The summed E-state index contributed by atoms with van der Waals surface area (Å²) in [7, 11) is 0. The van der Waals surface area contributed by atoms with Gasteiger partial charge in [-0.05, 0) is 36.4 Å². The molecule has 1 heteroatoms. The van der Waals surface area contributed by atoms with Gasteiger partial charge in [-0.25, -0.2) is 0 Å². The molecule has 0 aliphatic carbocycles. The summed E-state index contributed by atoms with van der Waals surface area (Å²) in [5.74, 6) is 0.731. The Morgan fingerprint density at radius 2 is 1.69 bits per heavy atom. The average molecular weight is 219 g/mol. The first kappa shape index (κ1) is 13.2. The van der Waals surface area contributed by atoms with E-state index in [2.05, 4.69) is 57.3 Å². The molecular formula is C15H25N. The molecule has 0 aromatic heterocycles. The van der Waals surface area contributed by atoms with Crippen molar-refractivity contribution in [1.29, 1.82) is 0 Å². The van der Waals surface area contributed by atoms with Gasteiger partial charge >= 0.3 is 0 Å². The smallest absolute Gasteiger partial charge is 0.0322 e. The lowest BCUT2D eigenvalue weighted by Gasteiger charge is -2.20. The first-order valence-electron chi connectivity index (χ1n) is 6.49. The van der Waals surface area contributed by atoms with Gasteiger partial charge in [0.1, 0.15) is 0 Å². The fourth-order valence-electron chi connectivity index (χ4n) is 2.04. The van der Waals surface area contributed by atoms with Crippen LogP contribution in [0.5, 0.6) is 0 Å². The largest absolute Gasteiger partial charge is 0.310 e. The van der Waals surface area contributed by atoms with Crippen LogP contribution in [0.15, 0.2) is 24.3 Å². The van der Waals surface area contributed by atoms with Crippen molar-refractivity contribution in [2.45, 2.75) is 46.6 Å². The molecule has 0 amide bonds. The number of rotatable bonds is 6. The summed E-state index contributed by atoms with van der Waals surface area (Å²) in [5, 5.41) is 3.57. The van der Waals surface area contributed by atoms with Crippen LogP contribution in [0.25, 0.3) is 0 Å². The number of aryl methyl sites for hydroxylation is 1. The Morgan fingerprint density at radius 3 is 2.12 bits per heavy atom. The number of hydrogen-bond donors (Lipinski definition) is 1. The summed E-state index contributed by atoms with van der Waals surface area (Å²) in [6.45, 7) is 9.97. The van der Waals surface area contributed by atoms with Gasteiger partial charge in [0, 0.05) is 6.04 Å². The third-order valence-electron chi connectivity index (χ3n) is 2.95. The predicted octanol–water partition coefficient (Wildman–Crippen LogP) is 3.95. The van der Waals surface area contributed by atoms with Crippen LogP contribution in [0.3, 0.4) is 0 Å². The lowest BCUT2D eigenvalue weighted by atomic mass is 9.96. The van der Waals surface area contributed by atoms with Gasteiger partial charge in [0.2, 0.25) is 0 Å². The van der Waals surface area contributed by atoms with Gasteiger partial charge in [-0.3, -0.25) is 0 Å². The van der Waals surface area contributed by atoms with E-state index < -0.39 is 0 Å². The molecular weight excluding hydrogens is 194 g/mol. The standard InChI is InChI=1S/C15H25N/c1-5-13-7-9-14(10-8-13)15(16-6-2)11-12(3)4/h7-10,12,15-16H,5-6,11H2,1-4H3. The van der Waals surface area contributed by atoms with E-state index >= 15 is 0 Å². The highest BCUT2D eigenvalue weighted by atomic mass is 14.9. The van der Waals surface area contributed by atoms with Crippen LogP contribution in [0.4, 0.5) is 0 Å². The van der Waals surface area contributed by atoms with Crippen molar-refractivity contribution >= 4 is 0 Å². The van der Waals surface area contributed by atoms with Gasteiger partial charge in [0.05, 0.1) is 0 Å². The molecule has 1 nitrogen and oxygen atoms in total. The van der Waals surface area contributed by atoms with Crippen LogP contribution in [-0.4, -0.2) is 6.54 Å². The lowest BCUT2D eigenvalue weighted by Crippen LogP contribution is -2.22. The van der Waals surface area contributed by atoms with Gasteiger partial charge in [-0.1, -0.05) is 52.0 Å². The van der Waals surface area contributed by atoms with Crippen molar-refractivity contribution in [3.8, 4) is 0 Å². The summed E-state index contributed by atoms with van der Waals surface area (Å²) >= 11 is 0. The predicted molar refractivity (Wildman–Crippen MR) is 71.7 cm³/mol. The Bertz CT molecular complexity index is 287. The second-order valence-corrected chi connectivity index (χ2v) is 4.83. The molecule has 0 radical (unpaired) electrons. The first-order valence-corrected chi connectivity index (χ1v) is 6.49. The molecule has 0 fully saturated rings. The van der Waals surface area contributed by atoms with Crippen LogP contribution < -0.4 is 5.32 Å². The quantitative estimate of drug-likeness (QED) is 0.764. The molecule has 0 aliphatic heterocycles. The van der Waals surface area contributed by atoms with Crippen molar-refractivity contribution in [2.75, 3.05) is 6.54 Å². The normalized spacial score (nSPS) is 13.1. The Kier molecular flexibility index (Phi) is 5.54. The number of nitrogens with one attached hydrogen (secondary N) is 1. The van der Waals surface area contributed by atoms with Crippen molar-refractivity contribution < 1.29 is 0 Å². The van der Waals surface area contributed by atoms with Gasteiger partial charge in [0.25, 0.3) is 0 Å². The first-order chi connectivity index (χ1) is 7.67. The fourth-order valence-corrected chi connectivity index (χ4v) is 2.04. The van der Waals surface area contributed by atoms with Crippen molar-refractivity contribution in [3.63, 3.8) is 0 Å². The van der Waals surface area contributed by atoms with E-state index in [-0.39, 0.29) is 0 Å². The highest BCUT2D eigenvalue weighted by molar-refractivity contribution is 5.25. The fraction of sp³-hybridized carbons (Fsp3) is 0.600. The van der Waals surface area contributed by atoms with Crippen LogP contribution in [0, 0.1) is 5.92 Å². The highest BCUT2D eigenvalue weighted by Crippen LogP contribution is 2.21. The van der Waals surface area contributed by atoms with E-state index in [0.717, 1.165) is 18.9 Å². The van der Waals surface area contributed by atoms with E-state index in [4.69, 9.17) is 0 Å². The van der Waals surface area contributed by atoms with Crippen molar-refractivity contribution in [1.82, 2.24) is 5.32 Å². The van der Waals surface area contributed by atoms with E-state index in [1.165, 1.54) is 17.5 Å². The average Bonchev–Trinajstić information content (AvgIpc) is 2.28. The van der Waals surface area contributed by atoms with Crippen LogP contribution in [0.2, 0.25) is 0 Å². The van der Waals surface area contributed by atoms with Gasteiger partial charge in [-0.2, -0.15) is 0 Å². The van der Waals surface area contributed by atoms with Crippen LogP contribution in [-0.2, 0) is 6.42 Å². The second-order valence-electron chi connectivity index (χ2n) is 4.83. The maximum atomic E-state index is 3.57. The molecule has 1 aromatic carbocycles. The van der Waals surface area contributed by atoms with Gasteiger partial charge in [-0.15, -0.1) is 0 Å². The molecule has 1 aromatic rings. The third kappa shape index (κ3) is 3.97. The van der Waals surface area contributed by atoms with Crippen molar-refractivity contribution in [3.05, 3.63) is 35.4 Å². The summed E-state index contributed by atoms with van der Waals surface area (Å²) in [4.78, 5) is 0. The zero-order valence-electron chi connectivity index (χ0n) is 11.1. The van der Waals surface area contributed by atoms with E-state index in [0.29, 0.717) is 6.04 Å². The third-order valence-corrected chi connectivity index (χ3v) is 2.95. The Labute approximate surface area is 100 Å². The Balaban J connectivity index is 2.75. The molecule has 0 aliphatic rings. The maximum Gasteiger partial charge on any atom is 0.0322 e. The van der Waals surface area contributed by atoms with E-state index in [1.807, 2.05) is 0 Å². The molecule has 0 heterocycles. The summed E-state index contributed by atoms with van der Waals surface area (Å²) < 4.78 is 0.